The van der Waals surface area contributed by atoms with Crippen LogP contribution < -0.4 is 5.32 Å². The lowest BCUT2D eigenvalue weighted by molar-refractivity contribution is -0.130. The van der Waals surface area contributed by atoms with Crippen LogP contribution in [-0.4, -0.2) is 30.0 Å². The monoisotopic (exact) mass is 277 g/mol. The molecule has 0 aromatic rings. The smallest absolute Gasteiger partial charge is 0.249 e. The number of ether oxygens (including phenoxy) is 1. The van der Waals surface area contributed by atoms with Gasteiger partial charge in [0.15, 0.2) is 0 Å². The minimum absolute atomic E-state index is 0.0423. The van der Waals surface area contributed by atoms with Crippen LogP contribution in [0.3, 0.4) is 0 Å². The standard InChI is InChI=1S/C11H20BrNO2/c1-8(2)6-9(12)7-13-11(14)10-4-3-5-15-10/h8-10H,3-7H2,1-2H3,(H,13,14). The number of halogens is 1. The third kappa shape index (κ3) is 4.98. The van der Waals surface area contributed by atoms with Crippen molar-refractivity contribution in [3.05, 3.63) is 0 Å². The Labute approximate surface area is 100 Å². The van der Waals surface area contributed by atoms with E-state index in [-0.39, 0.29) is 12.0 Å². The van der Waals surface area contributed by atoms with Crippen LogP contribution in [0.1, 0.15) is 33.1 Å². The number of hydrogen-bond acceptors (Lipinski definition) is 2. The molecule has 0 saturated carbocycles. The molecule has 88 valence electrons. The Morgan fingerprint density at radius 3 is 2.87 bits per heavy atom. The highest BCUT2D eigenvalue weighted by molar-refractivity contribution is 9.09. The van der Waals surface area contributed by atoms with Crippen molar-refractivity contribution in [1.29, 1.82) is 0 Å². The van der Waals surface area contributed by atoms with Gasteiger partial charge in [0.2, 0.25) is 5.91 Å². The number of carbonyl (C=O) groups is 1. The molecule has 1 amide bonds. The predicted octanol–water partition coefficient (Wildman–Crippen LogP) is 2.09. The summed E-state index contributed by atoms with van der Waals surface area (Å²) in [4.78, 5) is 11.9. The first kappa shape index (κ1) is 13.0. The Balaban J connectivity index is 2.15. The highest BCUT2D eigenvalue weighted by atomic mass is 79.9. The molecular weight excluding hydrogens is 258 g/mol. The summed E-state index contributed by atoms with van der Waals surface area (Å²) in [5.74, 6) is 0.690. The molecule has 1 aliphatic heterocycles. The van der Waals surface area contributed by atoms with E-state index in [4.69, 9.17) is 4.74 Å². The zero-order chi connectivity index (χ0) is 11.3. The molecular formula is C11H20BrNO2. The number of rotatable bonds is 5. The van der Waals surface area contributed by atoms with Crippen LogP contribution in [0, 0.1) is 5.92 Å². The molecule has 0 spiro atoms. The lowest BCUT2D eigenvalue weighted by Crippen LogP contribution is -2.37. The maximum atomic E-state index is 11.6. The molecule has 1 rings (SSSR count). The van der Waals surface area contributed by atoms with Gasteiger partial charge in [0.1, 0.15) is 6.10 Å². The number of alkyl halides is 1. The molecule has 2 unspecified atom stereocenters. The van der Waals surface area contributed by atoms with Gasteiger partial charge in [0, 0.05) is 18.0 Å². The molecule has 2 atom stereocenters. The molecule has 1 heterocycles. The van der Waals surface area contributed by atoms with Gasteiger partial charge < -0.3 is 10.1 Å². The fourth-order valence-electron chi connectivity index (χ4n) is 1.70. The Morgan fingerprint density at radius 2 is 2.33 bits per heavy atom. The van der Waals surface area contributed by atoms with Crippen LogP contribution in [0.15, 0.2) is 0 Å². The summed E-state index contributed by atoms with van der Waals surface area (Å²) in [5.41, 5.74) is 0. The van der Waals surface area contributed by atoms with Crippen molar-refractivity contribution in [2.24, 2.45) is 5.92 Å². The van der Waals surface area contributed by atoms with Gasteiger partial charge in [-0.2, -0.15) is 0 Å². The fraction of sp³-hybridized carbons (Fsp3) is 0.909. The molecule has 0 aromatic heterocycles. The highest BCUT2D eigenvalue weighted by Crippen LogP contribution is 2.14. The average molecular weight is 278 g/mol. The molecule has 1 saturated heterocycles. The zero-order valence-electron chi connectivity index (χ0n) is 9.46. The molecule has 3 nitrogen and oxygen atoms in total. The summed E-state index contributed by atoms with van der Waals surface area (Å²) < 4.78 is 5.30. The molecule has 1 fully saturated rings. The predicted molar refractivity (Wildman–Crippen MR) is 64.2 cm³/mol. The van der Waals surface area contributed by atoms with Crippen LogP contribution >= 0.6 is 15.9 Å². The molecule has 1 aliphatic rings. The Kier molecular flexibility index (Phi) is 5.61. The summed E-state index contributed by atoms with van der Waals surface area (Å²) in [6.07, 6.45) is 2.74. The SMILES string of the molecule is CC(C)CC(Br)CNC(=O)C1CCCO1. The molecule has 0 aromatic carbocycles. The summed E-state index contributed by atoms with van der Waals surface area (Å²) in [6, 6.07) is 0. The van der Waals surface area contributed by atoms with E-state index < -0.39 is 0 Å². The van der Waals surface area contributed by atoms with E-state index in [1.54, 1.807) is 0 Å². The van der Waals surface area contributed by atoms with E-state index >= 15 is 0 Å². The van der Waals surface area contributed by atoms with Gasteiger partial charge in [0.25, 0.3) is 0 Å². The fourth-order valence-corrected chi connectivity index (χ4v) is 2.61. The van der Waals surface area contributed by atoms with Gasteiger partial charge in [-0.3, -0.25) is 4.79 Å². The first-order valence-electron chi connectivity index (χ1n) is 5.63. The highest BCUT2D eigenvalue weighted by Gasteiger charge is 2.23. The van der Waals surface area contributed by atoms with Crippen molar-refractivity contribution >= 4 is 21.8 Å². The van der Waals surface area contributed by atoms with Gasteiger partial charge in [-0.25, -0.2) is 0 Å². The third-order valence-electron chi connectivity index (χ3n) is 2.45. The molecule has 0 bridgehead atoms. The van der Waals surface area contributed by atoms with E-state index in [1.165, 1.54) is 0 Å². The van der Waals surface area contributed by atoms with Gasteiger partial charge in [-0.1, -0.05) is 29.8 Å². The number of hydrogen-bond donors (Lipinski definition) is 1. The first-order valence-corrected chi connectivity index (χ1v) is 6.54. The van der Waals surface area contributed by atoms with Gasteiger partial charge in [-0.05, 0) is 25.2 Å². The lowest BCUT2D eigenvalue weighted by Gasteiger charge is -2.15. The van der Waals surface area contributed by atoms with Crippen molar-refractivity contribution < 1.29 is 9.53 Å². The van der Waals surface area contributed by atoms with Crippen LogP contribution in [0.5, 0.6) is 0 Å². The van der Waals surface area contributed by atoms with E-state index in [0.29, 0.717) is 17.3 Å². The van der Waals surface area contributed by atoms with Gasteiger partial charge >= 0.3 is 0 Å². The maximum absolute atomic E-state index is 11.6. The molecule has 15 heavy (non-hydrogen) atoms. The van der Waals surface area contributed by atoms with Crippen LogP contribution in [-0.2, 0) is 9.53 Å². The number of amides is 1. The van der Waals surface area contributed by atoms with Crippen molar-refractivity contribution in [3.8, 4) is 0 Å². The van der Waals surface area contributed by atoms with E-state index in [2.05, 4.69) is 35.1 Å². The molecule has 0 radical (unpaired) electrons. The third-order valence-corrected chi connectivity index (χ3v) is 3.14. The van der Waals surface area contributed by atoms with E-state index in [1.807, 2.05) is 0 Å². The second-order valence-electron chi connectivity index (χ2n) is 4.47. The summed E-state index contributed by atoms with van der Waals surface area (Å²) in [5, 5.41) is 2.92. The summed E-state index contributed by atoms with van der Waals surface area (Å²) in [7, 11) is 0. The van der Waals surface area contributed by atoms with Crippen molar-refractivity contribution in [2.45, 2.75) is 44.0 Å². The molecule has 1 N–H and O–H groups in total. The topological polar surface area (TPSA) is 38.3 Å². The molecule has 0 aliphatic carbocycles. The average Bonchev–Trinajstić information content (AvgIpc) is 2.65. The van der Waals surface area contributed by atoms with Crippen molar-refractivity contribution in [3.63, 3.8) is 0 Å². The van der Waals surface area contributed by atoms with Crippen molar-refractivity contribution in [1.82, 2.24) is 5.32 Å². The Hall–Kier alpha value is -0.0900. The lowest BCUT2D eigenvalue weighted by atomic mass is 10.1. The Bertz CT molecular complexity index is 203. The first-order chi connectivity index (χ1) is 7.09. The van der Waals surface area contributed by atoms with Crippen LogP contribution in [0.25, 0.3) is 0 Å². The van der Waals surface area contributed by atoms with Crippen LogP contribution in [0.2, 0.25) is 0 Å². The number of carbonyl (C=O) groups excluding carboxylic acids is 1. The number of nitrogens with one attached hydrogen (secondary N) is 1. The quantitative estimate of drug-likeness (QED) is 0.782. The maximum Gasteiger partial charge on any atom is 0.249 e. The van der Waals surface area contributed by atoms with Gasteiger partial charge in [0.05, 0.1) is 0 Å². The van der Waals surface area contributed by atoms with E-state index in [9.17, 15) is 4.79 Å². The van der Waals surface area contributed by atoms with E-state index in [0.717, 1.165) is 25.9 Å². The second kappa shape index (κ2) is 6.48. The second-order valence-corrected chi connectivity index (χ2v) is 5.77. The summed E-state index contributed by atoms with van der Waals surface area (Å²) in [6.45, 7) is 5.77. The Morgan fingerprint density at radius 1 is 1.60 bits per heavy atom. The normalized spacial score (nSPS) is 23.1. The van der Waals surface area contributed by atoms with Crippen LogP contribution in [0.4, 0.5) is 0 Å². The largest absolute Gasteiger partial charge is 0.368 e. The minimum atomic E-state index is -0.205. The van der Waals surface area contributed by atoms with Gasteiger partial charge in [-0.15, -0.1) is 0 Å². The molecule has 4 heteroatoms. The van der Waals surface area contributed by atoms with Crippen molar-refractivity contribution in [2.75, 3.05) is 13.2 Å². The summed E-state index contributed by atoms with van der Waals surface area (Å²) >= 11 is 3.56. The zero-order valence-corrected chi connectivity index (χ0v) is 11.0. The minimum Gasteiger partial charge on any atom is -0.368 e.